The molecular weight excluding hydrogens is 255 g/mol. The van der Waals surface area contributed by atoms with Crippen LogP contribution in [0, 0.1) is 6.08 Å². The second-order valence-corrected chi connectivity index (χ2v) is 2.56. The fraction of sp³-hybridized carbons (Fsp3) is 0.300. The van der Waals surface area contributed by atoms with Crippen LogP contribution >= 0.6 is 0 Å². The summed E-state index contributed by atoms with van der Waals surface area (Å²) in [5.41, 5.74) is 8.28. The molecule has 0 spiro atoms. The van der Waals surface area contributed by atoms with E-state index in [0.717, 1.165) is 29.8 Å². The van der Waals surface area contributed by atoms with Gasteiger partial charge in [-0.05, 0) is 18.5 Å². The summed E-state index contributed by atoms with van der Waals surface area (Å²) in [6.45, 7) is 5.71. The first-order chi connectivity index (χ1) is 5.81. The molecule has 0 bridgehead atoms. The van der Waals surface area contributed by atoms with Crippen LogP contribution in [-0.2, 0) is 20.4 Å². The quantitative estimate of drug-likeness (QED) is 0.474. The van der Waals surface area contributed by atoms with E-state index in [4.69, 9.17) is 5.73 Å². The predicted molar refractivity (Wildman–Crippen MR) is 51.6 cm³/mol. The maximum Gasteiger partial charge on any atom is 0 e. The van der Waals surface area contributed by atoms with E-state index in [0.29, 0.717) is 0 Å². The number of hydrogen-bond donors (Lipinski definition) is 1. The van der Waals surface area contributed by atoms with Crippen LogP contribution in [0.3, 0.4) is 0 Å². The van der Waals surface area contributed by atoms with E-state index in [1.165, 1.54) is 0 Å². The third kappa shape index (κ3) is 2.95. The average Bonchev–Trinajstić information content (AvgIpc) is 2.48. The molecule has 1 heterocycles. The molecule has 0 amide bonds. The van der Waals surface area contributed by atoms with Crippen molar-refractivity contribution in [3.05, 3.63) is 36.2 Å². The normalized spacial score (nSPS) is 17.8. The van der Waals surface area contributed by atoms with Gasteiger partial charge in [0.05, 0.1) is 0 Å². The van der Waals surface area contributed by atoms with Crippen molar-refractivity contribution < 1.29 is 20.4 Å². The Balaban J connectivity index is 0.00000144. The number of aliphatic imine (C=N–C) groups is 1. The van der Waals surface area contributed by atoms with Crippen molar-refractivity contribution in [2.75, 3.05) is 0 Å². The van der Waals surface area contributed by atoms with E-state index in [-0.39, 0.29) is 20.4 Å². The number of nitrogens with two attached hydrogens (primary N) is 1. The summed E-state index contributed by atoms with van der Waals surface area (Å²) in [5, 5.41) is 0. The van der Waals surface area contributed by atoms with Crippen molar-refractivity contribution in [1.82, 2.24) is 0 Å². The fourth-order valence-corrected chi connectivity index (χ4v) is 1.08. The third-order valence-corrected chi connectivity index (χ3v) is 1.70. The zero-order valence-corrected chi connectivity index (χ0v) is 9.17. The van der Waals surface area contributed by atoms with Gasteiger partial charge in [0.2, 0.25) is 0 Å². The summed E-state index contributed by atoms with van der Waals surface area (Å²) in [6.07, 6.45) is 8.16. The Morgan fingerprint density at radius 1 is 1.62 bits per heavy atom. The molecule has 0 aromatic carbocycles. The zero-order valence-electron chi connectivity index (χ0n) is 7.62. The first-order valence-electron chi connectivity index (χ1n) is 4.05. The van der Waals surface area contributed by atoms with Gasteiger partial charge in [-0.15, -0.1) is 12.8 Å². The summed E-state index contributed by atoms with van der Waals surface area (Å²) in [5.74, 6) is 0. The number of rotatable bonds is 3. The molecule has 0 saturated carbocycles. The van der Waals surface area contributed by atoms with Crippen molar-refractivity contribution in [2.24, 2.45) is 10.7 Å². The number of nitrogens with zero attached hydrogens (tertiary/aromatic N) is 1. The molecule has 0 aromatic heterocycles. The topological polar surface area (TPSA) is 38.4 Å². The van der Waals surface area contributed by atoms with Gasteiger partial charge in [-0.2, -0.15) is 11.6 Å². The minimum atomic E-state index is 0. The van der Waals surface area contributed by atoms with Gasteiger partial charge in [0.15, 0.2) is 0 Å². The Bertz CT molecular complexity index is 275. The molecule has 0 radical (unpaired) electrons. The van der Waals surface area contributed by atoms with Gasteiger partial charge in [0, 0.05) is 20.4 Å². The maximum atomic E-state index is 5.42. The van der Waals surface area contributed by atoms with E-state index in [9.17, 15) is 0 Å². The molecule has 0 fully saturated rings. The molecule has 74 valence electrons. The van der Waals surface area contributed by atoms with Gasteiger partial charge < -0.3 is 10.7 Å². The third-order valence-electron chi connectivity index (χ3n) is 1.70. The number of hydrogen-bond acceptors (Lipinski definition) is 2. The molecular formula is C10H13N2Pd-. The van der Waals surface area contributed by atoms with Gasteiger partial charge in [-0.3, -0.25) is 0 Å². The number of allylic oxidation sites excluding steroid dienone is 4. The van der Waals surface area contributed by atoms with Gasteiger partial charge in [0.1, 0.15) is 0 Å². The molecule has 2 N–H and O–H groups in total. The van der Waals surface area contributed by atoms with Crippen LogP contribution in [0.4, 0.5) is 0 Å². The van der Waals surface area contributed by atoms with Crippen molar-refractivity contribution in [1.29, 1.82) is 0 Å². The molecule has 0 aromatic rings. The molecule has 1 aliphatic rings. The van der Waals surface area contributed by atoms with Gasteiger partial charge in [-0.25, -0.2) is 0 Å². The maximum absolute atomic E-state index is 5.42. The Labute approximate surface area is 93.0 Å². The van der Waals surface area contributed by atoms with Crippen molar-refractivity contribution >= 4 is 5.71 Å². The summed E-state index contributed by atoms with van der Waals surface area (Å²) in [4.78, 5) is 4.35. The van der Waals surface area contributed by atoms with E-state index in [2.05, 4.69) is 24.6 Å². The van der Waals surface area contributed by atoms with Gasteiger partial charge in [-0.1, -0.05) is 18.7 Å². The van der Waals surface area contributed by atoms with Crippen molar-refractivity contribution in [2.45, 2.75) is 19.8 Å². The Morgan fingerprint density at radius 3 is 2.77 bits per heavy atom. The van der Waals surface area contributed by atoms with Crippen LogP contribution in [0.1, 0.15) is 19.8 Å². The second kappa shape index (κ2) is 5.91. The van der Waals surface area contributed by atoms with E-state index < -0.39 is 0 Å². The second-order valence-electron chi connectivity index (χ2n) is 2.56. The predicted octanol–water partition coefficient (Wildman–Crippen LogP) is 1.95. The Kier molecular flexibility index (Phi) is 5.61. The molecule has 2 nitrogen and oxygen atoms in total. The SMILES string of the molecule is C=CCC1=NC(CC)=[C-]C1=CN.[Pd]. The van der Waals surface area contributed by atoms with Crippen LogP contribution in [-0.4, -0.2) is 5.71 Å². The summed E-state index contributed by atoms with van der Waals surface area (Å²) in [6, 6.07) is 0. The van der Waals surface area contributed by atoms with Gasteiger partial charge in [0.25, 0.3) is 0 Å². The molecule has 1 aliphatic heterocycles. The minimum absolute atomic E-state index is 0. The molecule has 0 aliphatic carbocycles. The Morgan fingerprint density at radius 2 is 2.31 bits per heavy atom. The largest absolute Gasteiger partial charge is 0.455 e. The molecule has 13 heavy (non-hydrogen) atoms. The van der Waals surface area contributed by atoms with Crippen LogP contribution in [0.25, 0.3) is 0 Å². The van der Waals surface area contributed by atoms with Crippen LogP contribution < -0.4 is 5.73 Å². The standard InChI is InChI=1S/C10H13N2.Pd/c1-3-5-10-8(7-11)6-9(4-2)12-10;/h3,7H,1,4-5,11H2,2H3;/q-1;. The fourth-order valence-electron chi connectivity index (χ4n) is 1.08. The Hall–Kier alpha value is -0.648. The zero-order chi connectivity index (χ0) is 8.97. The van der Waals surface area contributed by atoms with Crippen LogP contribution in [0.2, 0.25) is 0 Å². The first kappa shape index (κ1) is 12.4. The molecule has 0 unspecified atom stereocenters. The first-order valence-corrected chi connectivity index (χ1v) is 4.05. The smallest absolute Gasteiger partial charge is 0 e. The van der Waals surface area contributed by atoms with Crippen molar-refractivity contribution in [3.63, 3.8) is 0 Å². The summed E-state index contributed by atoms with van der Waals surface area (Å²) < 4.78 is 0. The molecule has 3 heteroatoms. The minimum Gasteiger partial charge on any atom is -0.455 e. The summed E-state index contributed by atoms with van der Waals surface area (Å²) in [7, 11) is 0. The summed E-state index contributed by atoms with van der Waals surface area (Å²) >= 11 is 0. The van der Waals surface area contributed by atoms with E-state index in [1.54, 1.807) is 6.20 Å². The molecule has 0 saturated heterocycles. The molecule has 1 rings (SSSR count). The van der Waals surface area contributed by atoms with Crippen LogP contribution in [0.15, 0.2) is 35.1 Å². The average molecular weight is 268 g/mol. The van der Waals surface area contributed by atoms with E-state index in [1.807, 2.05) is 6.08 Å². The van der Waals surface area contributed by atoms with Gasteiger partial charge >= 0.3 is 0 Å². The molecule has 0 atom stereocenters. The monoisotopic (exact) mass is 267 g/mol. The van der Waals surface area contributed by atoms with Crippen LogP contribution in [0.5, 0.6) is 0 Å². The van der Waals surface area contributed by atoms with Crippen molar-refractivity contribution in [3.8, 4) is 0 Å². The van der Waals surface area contributed by atoms with E-state index >= 15 is 0 Å².